The van der Waals surface area contributed by atoms with Crippen molar-refractivity contribution in [1.29, 1.82) is 0 Å². The first-order chi connectivity index (χ1) is 19.3. The fourth-order valence-electron chi connectivity index (χ4n) is 5.35. The van der Waals surface area contributed by atoms with Crippen LogP contribution in [0.25, 0.3) is 11.3 Å². The summed E-state index contributed by atoms with van der Waals surface area (Å²) in [6, 6.07) is 6.95. The molecule has 1 atom stereocenters. The Morgan fingerprint density at radius 3 is 2.85 bits per heavy atom. The minimum atomic E-state index is -0.364. The highest BCUT2D eigenvalue weighted by molar-refractivity contribution is 7.14. The van der Waals surface area contributed by atoms with Gasteiger partial charge < -0.3 is 20.3 Å². The summed E-state index contributed by atoms with van der Waals surface area (Å²) in [4.78, 5) is 18.7. The van der Waals surface area contributed by atoms with Gasteiger partial charge >= 0.3 is 0 Å². The molecule has 8 nitrogen and oxygen atoms in total. The fourth-order valence-corrected chi connectivity index (χ4v) is 6.45. The summed E-state index contributed by atoms with van der Waals surface area (Å²) in [6.07, 6.45) is 7.68. The number of nitrogens with one attached hydrogen (secondary N) is 3. The summed E-state index contributed by atoms with van der Waals surface area (Å²) < 4.78 is 20.8. The molecule has 0 saturated carbocycles. The third kappa shape index (κ3) is 6.33. The van der Waals surface area contributed by atoms with Gasteiger partial charge in [-0.15, -0.1) is 11.3 Å². The highest BCUT2D eigenvalue weighted by Gasteiger charge is 2.19. The lowest BCUT2D eigenvalue weighted by Gasteiger charge is -2.34. The Kier molecular flexibility index (Phi) is 8.75. The zero-order chi connectivity index (χ0) is 28.2. The maximum atomic E-state index is 14.9. The van der Waals surface area contributed by atoms with E-state index in [2.05, 4.69) is 63.8 Å². The monoisotopic (exact) mass is 566 g/mol. The zero-order valence-electron chi connectivity index (χ0n) is 23.8. The van der Waals surface area contributed by atoms with Crippen LogP contribution in [0.5, 0.6) is 5.06 Å². The molecule has 0 radical (unpaired) electrons. The molecule has 1 aliphatic carbocycles. The normalized spacial score (nSPS) is 17.5. The van der Waals surface area contributed by atoms with Crippen molar-refractivity contribution in [1.82, 2.24) is 20.0 Å². The van der Waals surface area contributed by atoms with Crippen LogP contribution in [0.3, 0.4) is 0 Å². The van der Waals surface area contributed by atoms with E-state index >= 15 is 0 Å². The standard InChI is InChI=1S/C30H39FN6O2S/c1-5-21(15-22-17-36(3)12-13-37(22)4)33-26-16-25(34-35-30(26)38)23-10-11-24(31)29(19(23)2)32-18-39-28-14-20-8-6-7-9-27(20)40-28/h10-11,14-16,21,32H,5-9,12-13,17-18H2,1-4H3,(H,33,34)(H,35,38). The second-order valence-corrected chi connectivity index (χ2v) is 11.9. The number of thiophene rings is 1. The molecule has 5 rings (SSSR count). The second kappa shape index (κ2) is 12.4. The van der Waals surface area contributed by atoms with E-state index in [9.17, 15) is 9.18 Å². The topological polar surface area (TPSA) is 85.5 Å². The molecule has 2 aromatic heterocycles. The van der Waals surface area contributed by atoms with Crippen LogP contribution in [0.4, 0.5) is 15.8 Å². The Balaban J connectivity index is 1.32. The van der Waals surface area contributed by atoms with Crippen LogP contribution in [0.1, 0.15) is 42.2 Å². The van der Waals surface area contributed by atoms with E-state index in [-0.39, 0.29) is 24.1 Å². The Bertz CT molecular complexity index is 1410. The average Bonchev–Trinajstić information content (AvgIpc) is 3.36. The van der Waals surface area contributed by atoms with Crippen molar-refractivity contribution in [2.75, 3.05) is 51.1 Å². The number of piperazine rings is 1. The second-order valence-electron chi connectivity index (χ2n) is 10.8. The number of hydrogen-bond acceptors (Lipinski definition) is 8. The summed E-state index contributed by atoms with van der Waals surface area (Å²) in [7, 11) is 4.22. The van der Waals surface area contributed by atoms with E-state index < -0.39 is 0 Å². The van der Waals surface area contributed by atoms with Gasteiger partial charge in [-0.1, -0.05) is 6.92 Å². The van der Waals surface area contributed by atoms with Crippen molar-refractivity contribution in [3.8, 4) is 16.3 Å². The molecule has 1 saturated heterocycles. The zero-order valence-corrected chi connectivity index (χ0v) is 24.6. The van der Waals surface area contributed by atoms with E-state index in [1.807, 2.05) is 6.92 Å². The predicted molar refractivity (Wildman–Crippen MR) is 161 cm³/mol. The molecule has 40 heavy (non-hydrogen) atoms. The molecule has 1 aliphatic heterocycles. The Morgan fingerprint density at radius 1 is 1.23 bits per heavy atom. The Morgan fingerprint density at radius 2 is 2.05 bits per heavy atom. The van der Waals surface area contributed by atoms with Crippen LogP contribution in [0.2, 0.25) is 0 Å². The first-order valence-electron chi connectivity index (χ1n) is 14.1. The van der Waals surface area contributed by atoms with Gasteiger partial charge in [-0.25, -0.2) is 9.49 Å². The third-order valence-electron chi connectivity index (χ3n) is 7.84. The number of halogens is 1. The fraction of sp³-hybridized carbons (Fsp3) is 0.467. The molecule has 2 aliphatic rings. The molecule has 214 valence electrons. The first kappa shape index (κ1) is 28.2. The maximum Gasteiger partial charge on any atom is 0.287 e. The van der Waals surface area contributed by atoms with Gasteiger partial charge in [-0.3, -0.25) is 9.69 Å². The number of ether oxygens (including phenoxy) is 1. The number of rotatable bonds is 9. The van der Waals surface area contributed by atoms with Gasteiger partial charge in [-0.05, 0) is 87.5 Å². The molecule has 3 heterocycles. The molecule has 0 amide bonds. The first-order valence-corrected chi connectivity index (χ1v) is 14.9. The van der Waals surface area contributed by atoms with E-state index in [0.717, 1.165) is 49.5 Å². The molecular formula is C30H39FN6O2S. The minimum absolute atomic E-state index is 0.0214. The lowest BCUT2D eigenvalue weighted by Crippen LogP contribution is -2.41. The lowest BCUT2D eigenvalue weighted by molar-refractivity contribution is 0.228. The number of fused-ring (bicyclic) bond motifs is 1. The number of aryl methyl sites for hydroxylation is 2. The van der Waals surface area contributed by atoms with Crippen molar-refractivity contribution in [2.24, 2.45) is 0 Å². The van der Waals surface area contributed by atoms with E-state index in [1.54, 1.807) is 23.5 Å². The number of anilines is 2. The Labute approximate surface area is 239 Å². The van der Waals surface area contributed by atoms with Crippen molar-refractivity contribution >= 4 is 22.7 Å². The smallest absolute Gasteiger partial charge is 0.287 e. The van der Waals surface area contributed by atoms with Crippen LogP contribution in [0, 0.1) is 12.7 Å². The molecule has 3 N–H and O–H groups in total. The largest absolute Gasteiger partial charge is 0.464 e. The number of nitrogens with zero attached hydrogens (tertiary/aromatic N) is 3. The quantitative estimate of drug-likeness (QED) is 0.306. The molecular weight excluding hydrogens is 527 g/mol. The highest BCUT2D eigenvalue weighted by atomic mass is 32.1. The van der Waals surface area contributed by atoms with Crippen molar-refractivity contribution in [2.45, 2.75) is 52.0 Å². The van der Waals surface area contributed by atoms with Crippen molar-refractivity contribution in [3.63, 3.8) is 0 Å². The Hall–Kier alpha value is -3.37. The molecule has 3 aromatic rings. The van der Waals surface area contributed by atoms with Gasteiger partial charge in [0.15, 0.2) is 11.8 Å². The van der Waals surface area contributed by atoms with Gasteiger partial charge in [-0.2, -0.15) is 5.10 Å². The number of H-pyrrole nitrogens is 1. The molecule has 1 unspecified atom stereocenters. The number of aromatic amines is 1. The minimum Gasteiger partial charge on any atom is -0.464 e. The summed E-state index contributed by atoms with van der Waals surface area (Å²) in [5, 5.41) is 14.3. The number of likely N-dealkylation sites (N-methyl/N-ethyl adjacent to an activating group) is 2. The van der Waals surface area contributed by atoms with Crippen molar-refractivity contribution in [3.05, 3.63) is 68.2 Å². The summed E-state index contributed by atoms with van der Waals surface area (Å²) in [5.74, 6) is -0.364. The van der Waals surface area contributed by atoms with Crippen LogP contribution in [-0.4, -0.2) is 66.5 Å². The number of aromatic nitrogens is 2. The summed E-state index contributed by atoms with van der Waals surface area (Å²) in [6.45, 7) is 6.96. The highest BCUT2D eigenvalue weighted by Crippen LogP contribution is 2.35. The summed E-state index contributed by atoms with van der Waals surface area (Å²) >= 11 is 1.68. The van der Waals surface area contributed by atoms with Gasteiger partial charge in [0.2, 0.25) is 0 Å². The van der Waals surface area contributed by atoms with Gasteiger partial charge in [0, 0.05) is 48.9 Å². The molecule has 0 bridgehead atoms. The van der Waals surface area contributed by atoms with Crippen LogP contribution in [0.15, 0.2) is 40.8 Å². The number of hydrogen-bond donors (Lipinski definition) is 3. The number of benzene rings is 1. The lowest BCUT2D eigenvalue weighted by atomic mass is 10.00. The van der Waals surface area contributed by atoms with Crippen molar-refractivity contribution < 1.29 is 9.13 Å². The van der Waals surface area contributed by atoms with Gasteiger partial charge in [0.25, 0.3) is 5.56 Å². The third-order valence-corrected chi connectivity index (χ3v) is 8.99. The van der Waals surface area contributed by atoms with Crippen LogP contribution in [-0.2, 0) is 12.8 Å². The molecule has 1 fully saturated rings. The average molecular weight is 567 g/mol. The van der Waals surface area contributed by atoms with Gasteiger partial charge in [0.05, 0.1) is 11.4 Å². The maximum absolute atomic E-state index is 14.9. The van der Waals surface area contributed by atoms with Crippen LogP contribution >= 0.6 is 11.3 Å². The van der Waals surface area contributed by atoms with Crippen LogP contribution < -0.4 is 20.9 Å². The van der Waals surface area contributed by atoms with E-state index in [4.69, 9.17) is 4.74 Å². The molecule has 0 spiro atoms. The van der Waals surface area contributed by atoms with Gasteiger partial charge in [0.1, 0.15) is 11.5 Å². The van der Waals surface area contributed by atoms with E-state index in [1.165, 1.54) is 35.0 Å². The molecule has 10 heteroatoms. The summed E-state index contributed by atoms with van der Waals surface area (Å²) in [5.41, 5.74) is 5.10. The SMILES string of the molecule is CCC(C=C1CN(C)CCN1C)Nc1cc(-c2ccc(F)c(NCOc3cc4c(s3)CCCC4)c2C)n[nH]c1=O. The van der Waals surface area contributed by atoms with E-state index in [0.29, 0.717) is 22.6 Å². The molecule has 1 aromatic carbocycles. The predicted octanol–water partition coefficient (Wildman–Crippen LogP) is 5.22.